The van der Waals surface area contributed by atoms with Crippen LogP contribution in [-0.4, -0.2) is 17.6 Å². The van der Waals surface area contributed by atoms with E-state index in [-0.39, 0.29) is 5.97 Å². The Labute approximate surface area is 223 Å². The predicted octanol–water partition coefficient (Wildman–Crippen LogP) is 9.22. The maximum atomic E-state index is 12.5. The van der Waals surface area contributed by atoms with E-state index >= 15 is 0 Å². The Bertz CT molecular complexity index is 1030. The normalized spacial score (nSPS) is 10.9. The van der Waals surface area contributed by atoms with Gasteiger partial charge in [0.15, 0.2) is 0 Å². The molecule has 0 unspecified atom stereocenters. The highest BCUT2D eigenvalue weighted by atomic mass is 16.5. The lowest BCUT2D eigenvalue weighted by atomic mass is 10.1. The maximum absolute atomic E-state index is 12.5. The van der Waals surface area contributed by atoms with Gasteiger partial charge in [-0.3, -0.25) is 4.98 Å². The summed E-state index contributed by atoms with van der Waals surface area (Å²) in [6.45, 7) is 5.17. The van der Waals surface area contributed by atoms with E-state index in [0.717, 1.165) is 49.3 Å². The van der Waals surface area contributed by atoms with E-state index in [1.54, 1.807) is 18.3 Å². The van der Waals surface area contributed by atoms with Crippen molar-refractivity contribution in [3.05, 3.63) is 78.0 Å². The maximum Gasteiger partial charge on any atom is 0.343 e. The molecule has 3 rings (SSSR count). The SMILES string of the molecule is CCCCCCCCCCCOc1ccc(-c2ccc(OC(=O)c3ccc(CCCC)cc3)cc2)nc1. The zero-order valence-electron chi connectivity index (χ0n) is 22.7. The second-order valence-electron chi connectivity index (χ2n) is 9.77. The third kappa shape index (κ3) is 10.4. The summed E-state index contributed by atoms with van der Waals surface area (Å²) in [5, 5.41) is 0. The Kier molecular flexibility index (Phi) is 12.7. The minimum atomic E-state index is -0.346. The summed E-state index contributed by atoms with van der Waals surface area (Å²) >= 11 is 0. The average molecular weight is 502 g/mol. The van der Waals surface area contributed by atoms with E-state index < -0.39 is 0 Å². The molecule has 4 nitrogen and oxygen atoms in total. The van der Waals surface area contributed by atoms with Crippen LogP contribution in [0.2, 0.25) is 0 Å². The number of aromatic nitrogens is 1. The number of nitrogens with zero attached hydrogens (tertiary/aromatic N) is 1. The molecular formula is C33H43NO3. The third-order valence-electron chi connectivity index (χ3n) is 6.62. The van der Waals surface area contributed by atoms with Gasteiger partial charge in [-0.15, -0.1) is 0 Å². The number of pyridine rings is 1. The fourth-order valence-corrected chi connectivity index (χ4v) is 4.29. The van der Waals surface area contributed by atoms with E-state index in [2.05, 4.69) is 18.8 Å². The first-order chi connectivity index (χ1) is 18.2. The van der Waals surface area contributed by atoms with Gasteiger partial charge >= 0.3 is 5.97 Å². The van der Waals surface area contributed by atoms with Gasteiger partial charge in [-0.2, -0.15) is 0 Å². The van der Waals surface area contributed by atoms with Gasteiger partial charge in [0.2, 0.25) is 0 Å². The van der Waals surface area contributed by atoms with E-state index in [9.17, 15) is 4.79 Å². The van der Waals surface area contributed by atoms with Crippen molar-refractivity contribution in [2.75, 3.05) is 6.61 Å². The Hall–Kier alpha value is -3.14. The summed E-state index contributed by atoms with van der Waals surface area (Å²) in [7, 11) is 0. The van der Waals surface area contributed by atoms with Crippen LogP contribution in [0.4, 0.5) is 0 Å². The minimum absolute atomic E-state index is 0.346. The van der Waals surface area contributed by atoms with Crippen molar-refractivity contribution in [3.63, 3.8) is 0 Å². The fourth-order valence-electron chi connectivity index (χ4n) is 4.29. The van der Waals surface area contributed by atoms with Crippen molar-refractivity contribution < 1.29 is 14.3 Å². The molecule has 3 aromatic rings. The number of hydrogen-bond acceptors (Lipinski definition) is 4. The Balaban J connectivity index is 1.38. The fraction of sp³-hybridized carbons (Fsp3) is 0.455. The van der Waals surface area contributed by atoms with Crippen LogP contribution in [0.1, 0.15) is 100 Å². The molecule has 4 heteroatoms. The molecular weight excluding hydrogens is 458 g/mol. The van der Waals surface area contributed by atoms with Crippen LogP contribution in [-0.2, 0) is 6.42 Å². The highest BCUT2D eigenvalue weighted by molar-refractivity contribution is 5.91. The molecule has 0 aliphatic carbocycles. The van der Waals surface area contributed by atoms with Gasteiger partial charge in [-0.25, -0.2) is 4.79 Å². The first-order valence-corrected chi connectivity index (χ1v) is 14.2. The number of esters is 1. The van der Waals surface area contributed by atoms with Crippen LogP contribution < -0.4 is 9.47 Å². The van der Waals surface area contributed by atoms with Gasteiger partial charge in [-0.1, -0.05) is 83.8 Å². The summed E-state index contributed by atoms with van der Waals surface area (Å²) in [5.41, 5.74) is 3.63. The second-order valence-corrected chi connectivity index (χ2v) is 9.77. The number of unbranched alkanes of at least 4 members (excludes halogenated alkanes) is 9. The molecule has 198 valence electrons. The summed E-state index contributed by atoms with van der Waals surface area (Å²) in [5.74, 6) is 0.973. The zero-order valence-corrected chi connectivity index (χ0v) is 22.7. The van der Waals surface area contributed by atoms with Gasteiger partial charge in [0, 0.05) is 5.56 Å². The van der Waals surface area contributed by atoms with Crippen LogP contribution in [0.5, 0.6) is 11.5 Å². The van der Waals surface area contributed by atoms with Crippen LogP contribution in [0, 0.1) is 0 Å². The number of aryl methyl sites for hydroxylation is 1. The standard InChI is InChI=1S/C33H43NO3/c1-3-5-7-8-9-10-11-12-13-25-36-31-23-24-32(34-26-31)28-19-21-30(22-20-28)37-33(35)29-17-15-27(16-18-29)14-6-4-2/h15-24,26H,3-14,25H2,1-2H3. The molecule has 2 aromatic carbocycles. The summed E-state index contributed by atoms with van der Waals surface area (Å²) in [6.07, 6.45) is 16.9. The Morgan fingerprint density at radius 3 is 1.92 bits per heavy atom. The highest BCUT2D eigenvalue weighted by Crippen LogP contribution is 2.23. The first-order valence-electron chi connectivity index (χ1n) is 14.2. The van der Waals surface area contributed by atoms with Gasteiger partial charge in [0.25, 0.3) is 0 Å². The van der Waals surface area contributed by atoms with Crippen LogP contribution in [0.25, 0.3) is 11.3 Å². The largest absolute Gasteiger partial charge is 0.492 e. The zero-order chi connectivity index (χ0) is 26.1. The van der Waals surface area contributed by atoms with Crippen LogP contribution in [0.3, 0.4) is 0 Å². The number of ether oxygens (including phenoxy) is 2. The van der Waals surface area contributed by atoms with E-state index in [0.29, 0.717) is 11.3 Å². The summed E-state index contributed by atoms with van der Waals surface area (Å²) in [4.78, 5) is 17.0. The molecule has 0 atom stereocenters. The highest BCUT2D eigenvalue weighted by Gasteiger charge is 2.09. The number of carbonyl (C=O) groups is 1. The van der Waals surface area contributed by atoms with Crippen molar-refractivity contribution in [1.29, 1.82) is 0 Å². The Morgan fingerprint density at radius 1 is 0.676 bits per heavy atom. The van der Waals surface area contributed by atoms with Crippen molar-refractivity contribution in [2.45, 2.75) is 90.9 Å². The first kappa shape index (κ1) is 28.4. The molecule has 0 aliphatic rings. The number of hydrogen-bond donors (Lipinski definition) is 0. The number of rotatable bonds is 17. The molecule has 0 bridgehead atoms. The molecule has 0 N–H and O–H groups in total. The lowest BCUT2D eigenvalue weighted by molar-refractivity contribution is 0.0734. The lowest BCUT2D eigenvalue weighted by Crippen LogP contribution is -2.08. The molecule has 0 fully saturated rings. The van der Waals surface area contributed by atoms with Gasteiger partial charge < -0.3 is 9.47 Å². The second kappa shape index (κ2) is 16.6. The number of carbonyl (C=O) groups excluding carboxylic acids is 1. The molecule has 0 spiro atoms. The van der Waals surface area contributed by atoms with Crippen molar-refractivity contribution in [3.8, 4) is 22.8 Å². The molecule has 0 saturated heterocycles. The topological polar surface area (TPSA) is 48.4 Å². The van der Waals surface area contributed by atoms with E-state index in [1.807, 2.05) is 48.5 Å². The lowest BCUT2D eigenvalue weighted by Gasteiger charge is -2.08. The molecule has 0 saturated carbocycles. The smallest absolute Gasteiger partial charge is 0.343 e. The van der Waals surface area contributed by atoms with Gasteiger partial charge in [0.1, 0.15) is 11.5 Å². The molecule has 1 aromatic heterocycles. The number of benzene rings is 2. The van der Waals surface area contributed by atoms with Gasteiger partial charge in [-0.05, 0) is 73.4 Å². The van der Waals surface area contributed by atoms with E-state index in [1.165, 1.54) is 56.9 Å². The predicted molar refractivity (Wildman–Crippen MR) is 152 cm³/mol. The molecule has 1 heterocycles. The van der Waals surface area contributed by atoms with Crippen molar-refractivity contribution in [2.24, 2.45) is 0 Å². The monoisotopic (exact) mass is 501 g/mol. The van der Waals surface area contributed by atoms with Crippen LogP contribution >= 0.6 is 0 Å². The summed E-state index contributed by atoms with van der Waals surface area (Å²) < 4.78 is 11.4. The van der Waals surface area contributed by atoms with Gasteiger partial charge in [0.05, 0.1) is 24.1 Å². The van der Waals surface area contributed by atoms with Crippen molar-refractivity contribution in [1.82, 2.24) is 4.98 Å². The molecule has 0 aliphatic heterocycles. The molecule has 37 heavy (non-hydrogen) atoms. The van der Waals surface area contributed by atoms with Crippen LogP contribution in [0.15, 0.2) is 66.9 Å². The van der Waals surface area contributed by atoms with Crippen molar-refractivity contribution >= 4 is 5.97 Å². The summed E-state index contributed by atoms with van der Waals surface area (Å²) in [6, 6.07) is 19.1. The average Bonchev–Trinajstić information content (AvgIpc) is 2.94. The van der Waals surface area contributed by atoms with E-state index in [4.69, 9.17) is 9.47 Å². The quantitative estimate of drug-likeness (QED) is 0.105. The third-order valence-corrected chi connectivity index (χ3v) is 6.62. The molecule has 0 amide bonds. The Morgan fingerprint density at radius 2 is 1.30 bits per heavy atom. The molecule has 0 radical (unpaired) electrons. The minimum Gasteiger partial charge on any atom is -0.492 e.